The standard InChI is InChI=1S/C27H33F3N2O2/c1-3-26-13-11-25(34,12-14-27(28,29)30)17-21(26)7-4-6-19-16-20(9-10-22(19)26)24(33)32-23-8-5-15-31-18(23)2/h5,8-10,15-16,21,34H,3-4,6-7,11-14,17H2,1-2H3,(H,32,33)/t21-,25-,26+/m0/s1. The Morgan fingerprint density at radius 1 is 1.26 bits per heavy atom. The van der Waals surface area contributed by atoms with Crippen LogP contribution in [0.1, 0.15) is 85.5 Å². The predicted octanol–water partition coefficient (Wildman–Crippen LogP) is 6.50. The molecular weight excluding hydrogens is 441 g/mol. The Morgan fingerprint density at radius 2 is 2.06 bits per heavy atom. The van der Waals surface area contributed by atoms with Crippen molar-refractivity contribution in [2.24, 2.45) is 5.92 Å². The minimum absolute atomic E-state index is 0.128. The fourth-order valence-electron chi connectivity index (χ4n) is 6.18. The van der Waals surface area contributed by atoms with Crippen molar-refractivity contribution in [2.75, 3.05) is 5.32 Å². The number of aromatic nitrogens is 1. The zero-order valence-electron chi connectivity index (χ0n) is 19.8. The minimum Gasteiger partial charge on any atom is -0.390 e. The summed E-state index contributed by atoms with van der Waals surface area (Å²) in [5.41, 5.74) is 2.92. The number of halogens is 3. The van der Waals surface area contributed by atoms with Crippen LogP contribution in [0.2, 0.25) is 0 Å². The monoisotopic (exact) mass is 474 g/mol. The number of pyridine rings is 1. The Balaban J connectivity index is 1.58. The van der Waals surface area contributed by atoms with Crippen LogP contribution >= 0.6 is 0 Å². The zero-order valence-corrected chi connectivity index (χ0v) is 19.8. The third-order valence-corrected chi connectivity index (χ3v) is 8.11. The van der Waals surface area contributed by atoms with E-state index in [4.69, 9.17) is 0 Å². The number of amides is 1. The molecule has 184 valence electrons. The van der Waals surface area contributed by atoms with Crippen molar-refractivity contribution in [3.05, 3.63) is 58.9 Å². The van der Waals surface area contributed by atoms with Gasteiger partial charge in [-0.2, -0.15) is 13.2 Å². The zero-order chi connectivity index (χ0) is 24.6. The van der Waals surface area contributed by atoms with E-state index in [2.05, 4.69) is 17.2 Å². The van der Waals surface area contributed by atoms with Gasteiger partial charge in [0.15, 0.2) is 0 Å². The van der Waals surface area contributed by atoms with Crippen molar-refractivity contribution in [1.82, 2.24) is 4.98 Å². The number of nitrogens with one attached hydrogen (secondary N) is 1. The van der Waals surface area contributed by atoms with Gasteiger partial charge in [0.2, 0.25) is 0 Å². The first kappa shape index (κ1) is 24.7. The number of fused-ring (bicyclic) bond motifs is 3. The summed E-state index contributed by atoms with van der Waals surface area (Å²) in [5.74, 6) is -0.0566. The maximum Gasteiger partial charge on any atom is 0.389 e. The summed E-state index contributed by atoms with van der Waals surface area (Å²) >= 11 is 0. The van der Waals surface area contributed by atoms with Gasteiger partial charge in [-0.15, -0.1) is 0 Å². The topological polar surface area (TPSA) is 62.2 Å². The van der Waals surface area contributed by atoms with Gasteiger partial charge in [-0.1, -0.05) is 13.0 Å². The van der Waals surface area contributed by atoms with E-state index in [1.807, 2.05) is 31.2 Å². The second kappa shape index (κ2) is 9.33. The molecule has 34 heavy (non-hydrogen) atoms. The van der Waals surface area contributed by atoms with Crippen molar-refractivity contribution >= 4 is 11.6 Å². The lowest BCUT2D eigenvalue weighted by molar-refractivity contribution is -0.153. The van der Waals surface area contributed by atoms with E-state index in [9.17, 15) is 23.1 Å². The molecule has 0 spiro atoms. The molecule has 1 aromatic heterocycles. The van der Waals surface area contributed by atoms with Crippen molar-refractivity contribution in [3.63, 3.8) is 0 Å². The molecule has 2 aliphatic carbocycles. The van der Waals surface area contributed by atoms with Gasteiger partial charge in [0, 0.05) is 18.2 Å². The van der Waals surface area contributed by atoms with Crippen LogP contribution in [0.15, 0.2) is 36.5 Å². The number of aliphatic hydroxyl groups is 1. The molecule has 2 aromatic rings. The first-order valence-corrected chi connectivity index (χ1v) is 12.2. The summed E-state index contributed by atoms with van der Waals surface area (Å²) in [7, 11) is 0. The second-order valence-corrected chi connectivity index (χ2v) is 10.1. The highest BCUT2D eigenvalue weighted by Gasteiger charge is 2.50. The summed E-state index contributed by atoms with van der Waals surface area (Å²) in [4.78, 5) is 17.2. The highest BCUT2D eigenvalue weighted by molar-refractivity contribution is 6.04. The Labute approximate surface area is 199 Å². The third-order valence-electron chi connectivity index (χ3n) is 8.11. The van der Waals surface area contributed by atoms with E-state index in [-0.39, 0.29) is 23.7 Å². The largest absolute Gasteiger partial charge is 0.390 e. The van der Waals surface area contributed by atoms with E-state index in [1.54, 1.807) is 12.3 Å². The molecule has 1 fully saturated rings. The van der Waals surface area contributed by atoms with Crippen LogP contribution in [0.4, 0.5) is 18.9 Å². The normalized spacial score (nSPS) is 26.8. The Hall–Kier alpha value is -2.41. The van der Waals surface area contributed by atoms with Gasteiger partial charge < -0.3 is 10.4 Å². The molecule has 1 saturated carbocycles. The van der Waals surface area contributed by atoms with Gasteiger partial charge in [-0.3, -0.25) is 9.78 Å². The first-order valence-electron chi connectivity index (χ1n) is 12.2. The maximum absolute atomic E-state index is 12.9. The summed E-state index contributed by atoms with van der Waals surface area (Å²) in [6.45, 7) is 3.98. The average Bonchev–Trinajstić information content (AvgIpc) is 2.95. The molecule has 1 aromatic carbocycles. The number of aryl methyl sites for hydroxylation is 2. The van der Waals surface area contributed by atoms with Crippen LogP contribution in [0.3, 0.4) is 0 Å². The van der Waals surface area contributed by atoms with Crippen molar-refractivity contribution < 1.29 is 23.1 Å². The Kier molecular flexibility index (Phi) is 6.78. The molecule has 0 radical (unpaired) electrons. The van der Waals surface area contributed by atoms with Crippen LogP contribution in [0.5, 0.6) is 0 Å². The lowest BCUT2D eigenvalue weighted by Gasteiger charge is -2.50. The summed E-state index contributed by atoms with van der Waals surface area (Å²) in [5, 5.41) is 14.0. The first-order chi connectivity index (χ1) is 16.1. The van der Waals surface area contributed by atoms with E-state index >= 15 is 0 Å². The Bertz CT molecular complexity index is 1050. The maximum atomic E-state index is 12.9. The molecule has 0 aliphatic heterocycles. The number of alkyl halides is 3. The number of hydrogen-bond donors (Lipinski definition) is 2. The molecule has 0 saturated heterocycles. The summed E-state index contributed by atoms with van der Waals surface area (Å²) in [6, 6.07) is 9.47. The molecule has 3 atom stereocenters. The molecule has 1 amide bonds. The highest BCUT2D eigenvalue weighted by atomic mass is 19.4. The smallest absolute Gasteiger partial charge is 0.389 e. The summed E-state index contributed by atoms with van der Waals surface area (Å²) in [6.07, 6.45) is 1.13. The van der Waals surface area contributed by atoms with Crippen LogP contribution in [0, 0.1) is 12.8 Å². The lowest BCUT2D eigenvalue weighted by Crippen LogP contribution is -2.48. The molecule has 4 rings (SSSR count). The molecule has 7 heteroatoms. The SMILES string of the molecule is CC[C@@]12CC[C@](O)(CCC(F)(F)F)C[C@@H]1CCCc1cc(C(=O)Nc3cccnc3C)ccc12. The number of anilines is 1. The van der Waals surface area contributed by atoms with Crippen molar-refractivity contribution in [1.29, 1.82) is 0 Å². The van der Waals surface area contributed by atoms with Gasteiger partial charge in [0.05, 0.1) is 17.0 Å². The van der Waals surface area contributed by atoms with E-state index in [0.717, 1.165) is 36.9 Å². The number of hydrogen-bond acceptors (Lipinski definition) is 3. The Morgan fingerprint density at radius 3 is 2.76 bits per heavy atom. The number of benzene rings is 1. The van der Waals surface area contributed by atoms with Crippen molar-refractivity contribution in [2.45, 2.75) is 88.8 Å². The van der Waals surface area contributed by atoms with Crippen LogP contribution < -0.4 is 5.32 Å². The van der Waals surface area contributed by atoms with Crippen LogP contribution in [-0.2, 0) is 11.8 Å². The fourth-order valence-corrected chi connectivity index (χ4v) is 6.18. The summed E-state index contributed by atoms with van der Waals surface area (Å²) < 4.78 is 38.5. The number of carbonyl (C=O) groups is 1. The molecule has 4 nitrogen and oxygen atoms in total. The second-order valence-electron chi connectivity index (χ2n) is 10.1. The molecule has 0 bridgehead atoms. The van der Waals surface area contributed by atoms with Crippen LogP contribution in [-0.4, -0.2) is 27.8 Å². The number of carbonyl (C=O) groups excluding carboxylic acids is 1. The average molecular weight is 475 g/mol. The molecule has 2 aliphatic rings. The molecular formula is C27H33F3N2O2. The van der Waals surface area contributed by atoms with Crippen molar-refractivity contribution in [3.8, 4) is 0 Å². The number of nitrogens with zero attached hydrogens (tertiary/aromatic N) is 1. The fraction of sp³-hybridized carbons (Fsp3) is 0.556. The van der Waals surface area contributed by atoms with Gasteiger partial charge in [-0.25, -0.2) is 0 Å². The highest BCUT2D eigenvalue weighted by Crippen LogP contribution is 2.54. The predicted molar refractivity (Wildman–Crippen MR) is 126 cm³/mol. The van der Waals surface area contributed by atoms with Crippen LogP contribution in [0.25, 0.3) is 0 Å². The van der Waals surface area contributed by atoms with E-state index in [0.29, 0.717) is 30.5 Å². The molecule has 0 unspecified atom stereocenters. The van der Waals surface area contributed by atoms with Gasteiger partial charge in [0.1, 0.15) is 0 Å². The number of rotatable bonds is 5. The minimum atomic E-state index is -4.25. The molecule has 2 N–H and O–H groups in total. The third kappa shape index (κ3) is 4.99. The van der Waals surface area contributed by atoms with Gasteiger partial charge in [0.25, 0.3) is 5.91 Å². The van der Waals surface area contributed by atoms with E-state index < -0.39 is 18.2 Å². The van der Waals surface area contributed by atoms with Gasteiger partial charge in [-0.05, 0) is 105 Å². The quantitative estimate of drug-likeness (QED) is 0.520. The lowest BCUT2D eigenvalue weighted by atomic mass is 9.56. The molecule has 1 heterocycles. The van der Waals surface area contributed by atoms with Gasteiger partial charge >= 0.3 is 6.18 Å². The van der Waals surface area contributed by atoms with E-state index in [1.165, 1.54) is 5.56 Å².